The molecule has 2 atom stereocenters. The second-order valence-corrected chi connectivity index (χ2v) is 3.40. The second-order valence-electron chi connectivity index (χ2n) is 3.40. The zero-order valence-corrected chi connectivity index (χ0v) is 7.54. The molecule has 1 aliphatic rings. The number of aliphatic hydroxyl groups is 1. The van der Waals surface area contributed by atoms with Gasteiger partial charge in [0.05, 0.1) is 12.4 Å². The van der Waals surface area contributed by atoms with Gasteiger partial charge in [0.1, 0.15) is 6.10 Å². The highest BCUT2D eigenvalue weighted by molar-refractivity contribution is 4.74. The van der Waals surface area contributed by atoms with Crippen LogP contribution in [0.25, 0.3) is 0 Å². The van der Waals surface area contributed by atoms with E-state index in [0.29, 0.717) is 0 Å². The van der Waals surface area contributed by atoms with Gasteiger partial charge in [0.15, 0.2) is 0 Å². The number of rotatable bonds is 2. The summed E-state index contributed by atoms with van der Waals surface area (Å²) < 4.78 is 5.24. The summed E-state index contributed by atoms with van der Waals surface area (Å²) >= 11 is 0. The largest absolute Gasteiger partial charge is 0.496 e. The van der Waals surface area contributed by atoms with Gasteiger partial charge in [-0.05, 0) is 19.3 Å². The number of hydrogen-bond acceptors (Lipinski definition) is 2. The molecule has 2 heteroatoms. The minimum Gasteiger partial charge on any atom is -0.496 e. The molecule has 70 valence electrons. The fourth-order valence-electron chi connectivity index (χ4n) is 1.71. The standard InChI is InChI=1S/C10H18O2/c1-2-12-10-8-6-4-3-5-7-9(10)11/h2,9-11H,1,3-8H2/t9-,10+/m0/s1. The summed E-state index contributed by atoms with van der Waals surface area (Å²) in [5.41, 5.74) is 0. The zero-order valence-electron chi connectivity index (χ0n) is 7.54. The van der Waals surface area contributed by atoms with Crippen molar-refractivity contribution >= 4 is 0 Å². The van der Waals surface area contributed by atoms with Gasteiger partial charge in [-0.25, -0.2) is 0 Å². The van der Waals surface area contributed by atoms with Crippen molar-refractivity contribution in [1.82, 2.24) is 0 Å². The lowest BCUT2D eigenvalue weighted by molar-refractivity contribution is -0.00626. The molecule has 0 aromatic rings. The number of ether oxygens (including phenoxy) is 1. The van der Waals surface area contributed by atoms with Crippen molar-refractivity contribution in [3.8, 4) is 0 Å². The van der Waals surface area contributed by atoms with Gasteiger partial charge in [0, 0.05) is 0 Å². The van der Waals surface area contributed by atoms with Crippen molar-refractivity contribution in [3.05, 3.63) is 12.8 Å². The minimum atomic E-state index is -0.289. The Labute approximate surface area is 74.2 Å². The van der Waals surface area contributed by atoms with Crippen LogP contribution in [-0.2, 0) is 4.74 Å². The Bertz CT molecular complexity index is 134. The first-order valence-corrected chi connectivity index (χ1v) is 4.79. The summed E-state index contributed by atoms with van der Waals surface area (Å²) in [7, 11) is 0. The molecule has 1 N–H and O–H groups in total. The molecule has 2 nitrogen and oxygen atoms in total. The Morgan fingerprint density at radius 3 is 2.50 bits per heavy atom. The van der Waals surface area contributed by atoms with Gasteiger partial charge in [-0.15, -0.1) is 0 Å². The smallest absolute Gasteiger partial charge is 0.124 e. The Kier molecular flexibility index (Phi) is 4.15. The predicted octanol–water partition coefficient (Wildman–Crippen LogP) is 2.23. The lowest BCUT2D eigenvalue weighted by Crippen LogP contribution is -2.28. The minimum absolute atomic E-state index is 0.0113. The second kappa shape index (κ2) is 5.20. The van der Waals surface area contributed by atoms with Crippen LogP contribution in [0, 0.1) is 0 Å². The van der Waals surface area contributed by atoms with E-state index < -0.39 is 0 Å². The van der Waals surface area contributed by atoms with E-state index in [9.17, 15) is 5.11 Å². The van der Waals surface area contributed by atoms with Gasteiger partial charge in [0.2, 0.25) is 0 Å². The molecule has 1 fully saturated rings. The molecular formula is C10H18O2. The molecule has 0 spiro atoms. The lowest BCUT2D eigenvalue weighted by Gasteiger charge is -2.24. The van der Waals surface area contributed by atoms with Gasteiger partial charge in [0.25, 0.3) is 0 Å². The SMILES string of the molecule is C=CO[C@@H]1CCCCCC[C@@H]1O. The van der Waals surface area contributed by atoms with Crippen LogP contribution in [0.15, 0.2) is 12.8 Å². The van der Waals surface area contributed by atoms with Gasteiger partial charge < -0.3 is 9.84 Å². The zero-order chi connectivity index (χ0) is 8.81. The average molecular weight is 170 g/mol. The van der Waals surface area contributed by atoms with Crippen molar-refractivity contribution in [2.75, 3.05) is 0 Å². The van der Waals surface area contributed by atoms with E-state index in [2.05, 4.69) is 6.58 Å². The molecule has 0 unspecified atom stereocenters. The van der Waals surface area contributed by atoms with Gasteiger partial charge in [-0.3, -0.25) is 0 Å². The van der Waals surface area contributed by atoms with Crippen molar-refractivity contribution in [3.63, 3.8) is 0 Å². The van der Waals surface area contributed by atoms with Crippen LogP contribution in [0.2, 0.25) is 0 Å². The first kappa shape index (κ1) is 9.59. The van der Waals surface area contributed by atoms with Gasteiger partial charge in [-0.1, -0.05) is 25.8 Å². The summed E-state index contributed by atoms with van der Waals surface area (Å²) in [6.45, 7) is 3.51. The van der Waals surface area contributed by atoms with Gasteiger partial charge in [-0.2, -0.15) is 0 Å². The molecule has 0 saturated heterocycles. The molecule has 0 aliphatic heterocycles. The van der Waals surface area contributed by atoms with Crippen LogP contribution in [0.5, 0.6) is 0 Å². The Morgan fingerprint density at radius 1 is 1.17 bits per heavy atom. The van der Waals surface area contributed by atoms with E-state index in [1.54, 1.807) is 0 Å². The Hall–Kier alpha value is -0.500. The van der Waals surface area contributed by atoms with Crippen molar-refractivity contribution < 1.29 is 9.84 Å². The lowest BCUT2D eigenvalue weighted by atomic mass is 9.96. The van der Waals surface area contributed by atoms with E-state index >= 15 is 0 Å². The molecule has 0 radical (unpaired) electrons. The number of hydrogen-bond donors (Lipinski definition) is 1. The fourth-order valence-corrected chi connectivity index (χ4v) is 1.71. The third kappa shape index (κ3) is 2.86. The van der Waals surface area contributed by atoms with Crippen LogP contribution in [0.4, 0.5) is 0 Å². The van der Waals surface area contributed by atoms with E-state index in [4.69, 9.17) is 4.74 Å². The molecule has 12 heavy (non-hydrogen) atoms. The molecule has 0 heterocycles. The molecule has 0 bridgehead atoms. The van der Waals surface area contributed by atoms with Crippen LogP contribution < -0.4 is 0 Å². The van der Waals surface area contributed by atoms with Crippen molar-refractivity contribution in [2.45, 2.75) is 50.7 Å². The summed E-state index contributed by atoms with van der Waals surface area (Å²) in [5.74, 6) is 0. The highest BCUT2D eigenvalue weighted by Gasteiger charge is 2.20. The van der Waals surface area contributed by atoms with Crippen LogP contribution >= 0.6 is 0 Å². The summed E-state index contributed by atoms with van der Waals surface area (Å²) in [5, 5.41) is 9.63. The maximum atomic E-state index is 9.63. The first-order chi connectivity index (χ1) is 5.84. The van der Waals surface area contributed by atoms with Crippen molar-refractivity contribution in [2.24, 2.45) is 0 Å². The van der Waals surface area contributed by atoms with E-state index in [1.165, 1.54) is 19.1 Å². The Morgan fingerprint density at radius 2 is 1.83 bits per heavy atom. The highest BCUT2D eigenvalue weighted by atomic mass is 16.5. The topological polar surface area (TPSA) is 29.5 Å². The summed E-state index contributed by atoms with van der Waals surface area (Å²) in [6.07, 6.45) is 7.78. The third-order valence-corrected chi connectivity index (χ3v) is 2.44. The van der Waals surface area contributed by atoms with Crippen LogP contribution in [0.3, 0.4) is 0 Å². The molecule has 0 aromatic heterocycles. The first-order valence-electron chi connectivity index (χ1n) is 4.79. The maximum Gasteiger partial charge on any atom is 0.124 e. The maximum absolute atomic E-state index is 9.63. The predicted molar refractivity (Wildman–Crippen MR) is 48.8 cm³/mol. The third-order valence-electron chi connectivity index (χ3n) is 2.44. The Balaban J connectivity index is 2.37. The van der Waals surface area contributed by atoms with Crippen LogP contribution in [0.1, 0.15) is 38.5 Å². The molecular weight excluding hydrogens is 152 g/mol. The van der Waals surface area contributed by atoms with Gasteiger partial charge >= 0.3 is 0 Å². The molecule has 1 aliphatic carbocycles. The molecule has 0 amide bonds. The number of aliphatic hydroxyl groups excluding tert-OH is 1. The normalized spacial score (nSPS) is 31.8. The monoisotopic (exact) mass is 170 g/mol. The van der Waals surface area contributed by atoms with E-state index in [1.807, 2.05) is 0 Å². The summed E-state index contributed by atoms with van der Waals surface area (Å²) in [6, 6.07) is 0. The van der Waals surface area contributed by atoms with E-state index in [0.717, 1.165) is 25.7 Å². The molecule has 1 rings (SSSR count). The quantitative estimate of drug-likeness (QED) is 0.644. The molecule has 0 aromatic carbocycles. The van der Waals surface area contributed by atoms with Crippen molar-refractivity contribution in [1.29, 1.82) is 0 Å². The average Bonchev–Trinajstić information content (AvgIpc) is 2.05. The highest BCUT2D eigenvalue weighted by Crippen LogP contribution is 2.19. The van der Waals surface area contributed by atoms with Crippen LogP contribution in [-0.4, -0.2) is 17.3 Å². The summed E-state index contributed by atoms with van der Waals surface area (Å²) in [4.78, 5) is 0. The molecule has 1 saturated carbocycles. The van der Waals surface area contributed by atoms with E-state index in [-0.39, 0.29) is 12.2 Å². The fraction of sp³-hybridized carbons (Fsp3) is 0.800.